The quantitative estimate of drug-likeness (QED) is 0.161. The normalized spacial score (nSPS) is 19.1. The summed E-state index contributed by atoms with van der Waals surface area (Å²) in [6.45, 7) is 20.0. The molecule has 0 amide bonds. The van der Waals surface area contributed by atoms with Crippen LogP contribution in [0.3, 0.4) is 0 Å². The average Bonchev–Trinajstić information content (AvgIpc) is 3.59. The van der Waals surface area contributed by atoms with Crippen molar-refractivity contribution in [2.24, 2.45) is 0 Å². The highest BCUT2D eigenvalue weighted by Gasteiger charge is 2.48. The van der Waals surface area contributed by atoms with Crippen LogP contribution in [0.5, 0.6) is 0 Å². The molecule has 0 fully saturated rings. The van der Waals surface area contributed by atoms with Crippen molar-refractivity contribution in [3.63, 3.8) is 0 Å². The van der Waals surface area contributed by atoms with Gasteiger partial charge in [-0.1, -0.05) is 183 Å². The van der Waals surface area contributed by atoms with Crippen LogP contribution in [0, 0.1) is 0 Å². The fourth-order valence-corrected chi connectivity index (χ4v) is 13.1. The summed E-state index contributed by atoms with van der Waals surface area (Å²) in [5.41, 5.74) is 23.2. The minimum Gasteiger partial charge on any atom is -0.309 e. The van der Waals surface area contributed by atoms with E-state index in [1.54, 1.807) is 0 Å². The van der Waals surface area contributed by atoms with Gasteiger partial charge in [-0.2, -0.15) is 0 Å². The molecule has 0 saturated heterocycles. The predicted molar refractivity (Wildman–Crippen MR) is 271 cm³/mol. The van der Waals surface area contributed by atoms with Crippen molar-refractivity contribution in [1.29, 1.82) is 0 Å². The summed E-state index contributed by atoms with van der Waals surface area (Å²) >= 11 is 0. The molecule has 7 aromatic carbocycles. The first kappa shape index (κ1) is 41.1. The molecule has 1 nitrogen and oxygen atoms in total. The van der Waals surface area contributed by atoms with Gasteiger partial charge in [0.25, 0.3) is 0 Å². The molecule has 0 atom stereocenters. The standard InChI is InChI=1S/C63H65N/c1-59(2)36-38-61(5,6)57-51(59)32-20-34-54(57)64(55-35-21-33-52-58(55)62(7,8)39-37-60(52,3)4)56-41-53-48(40-49(56)46-30-19-23-42-22-15-16-28-45(42)46)47-29-17-18-31-50(47)63(53,43-24-11-9-12-25-43)44-26-13-10-14-27-44/h9-14,17-21,23-27,29-35,40-41H,15-16,22,28,36-39H2,1-8H3. The van der Waals surface area contributed by atoms with Crippen LogP contribution in [0.1, 0.15) is 150 Å². The van der Waals surface area contributed by atoms with Crippen molar-refractivity contribution in [1.82, 2.24) is 0 Å². The smallest absolute Gasteiger partial charge is 0.0714 e. The Morgan fingerprint density at radius 2 is 0.844 bits per heavy atom. The highest BCUT2D eigenvalue weighted by Crippen LogP contribution is 2.61. The monoisotopic (exact) mass is 836 g/mol. The highest BCUT2D eigenvalue weighted by molar-refractivity contribution is 5.98. The highest BCUT2D eigenvalue weighted by atomic mass is 15.2. The number of nitrogens with zero attached hydrogens (tertiary/aromatic N) is 1. The number of hydrogen-bond donors (Lipinski definition) is 0. The van der Waals surface area contributed by atoms with E-state index in [-0.39, 0.29) is 21.7 Å². The minimum absolute atomic E-state index is 0.0276. The molecule has 0 aromatic heterocycles. The summed E-state index contributed by atoms with van der Waals surface area (Å²) in [7, 11) is 0. The van der Waals surface area contributed by atoms with E-state index in [0.717, 1.165) is 25.7 Å². The van der Waals surface area contributed by atoms with Gasteiger partial charge < -0.3 is 4.90 Å². The zero-order chi connectivity index (χ0) is 44.2. The third-order valence-corrected chi connectivity index (χ3v) is 16.6. The zero-order valence-corrected chi connectivity index (χ0v) is 39.5. The lowest BCUT2D eigenvalue weighted by molar-refractivity contribution is 0.331. The van der Waals surface area contributed by atoms with Crippen molar-refractivity contribution in [3.05, 3.63) is 207 Å². The van der Waals surface area contributed by atoms with Crippen LogP contribution < -0.4 is 4.90 Å². The molecule has 0 aliphatic heterocycles. The van der Waals surface area contributed by atoms with Gasteiger partial charge in [-0.25, -0.2) is 0 Å². The lowest BCUT2D eigenvalue weighted by Crippen LogP contribution is -2.37. The van der Waals surface area contributed by atoms with Gasteiger partial charge in [0, 0.05) is 5.56 Å². The maximum absolute atomic E-state index is 2.81. The molecule has 0 N–H and O–H groups in total. The third-order valence-electron chi connectivity index (χ3n) is 16.6. The Kier molecular flexibility index (Phi) is 9.42. The van der Waals surface area contributed by atoms with Crippen molar-refractivity contribution in [3.8, 4) is 22.3 Å². The van der Waals surface area contributed by atoms with E-state index in [1.807, 2.05) is 0 Å². The van der Waals surface area contributed by atoms with E-state index in [9.17, 15) is 0 Å². The molecule has 4 aliphatic carbocycles. The molecule has 0 heterocycles. The van der Waals surface area contributed by atoms with E-state index >= 15 is 0 Å². The largest absolute Gasteiger partial charge is 0.309 e. The summed E-state index contributed by atoms with van der Waals surface area (Å²) in [5.74, 6) is 0. The maximum Gasteiger partial charge on any atom is 0.0714 e. The summed E-state index contributed by atoms with van der Waals surface area (Å²) in [4.78, 5) is 2.81. The average molecular weight is 836 g/mol. The molecule has 322 valence electrons. The van der Waals surface area contributed by atoms with Crippen molar-refractivity contribution < 1.29 is 0 Å². The Hall–Kier alpha value is -5.66. The Morgan fingerprint density at radius 3 is 1.44 bits per heavy atom. The third kappa shape index (κ3) is 6.09. The molecule has 4 aliphatic rings. The van der Waals surface area contributed by atoms with E-state index in [2.05, 4.69) is 212 Å². The van der Waals surface area contributed by atoms with Crippen LogP contribution in [0.4, 0.5) is 17.1 Å². The van der Waals surface area contributed by atoms with Crippen molar-refractivity contribution in [2.45, 2.75) is 134 Å². The first-order valence-electron chi connectivity index (χ1n) is 24.3. The van der Waals surface area contributed by atoms with Gasteiger partial charge in [0.05, 0.1) is 22.5 Å². The van der Waals surface area contributed by atoms with Crippen LogP contribution >= 0.6 is 0 Å². The van der Waals surface area contributed by atoms with Gasteiger partial charge in [0.15, 0.2) is 0 Å². The summed E-state index contributed by atoms with van der Waals surface area (Å²) in [5, 5.41) is 0. The molecule has 0 unspecified atom stereocenters. The van der Waals surface area contributed by atoms with Gasteiger partial charge >= 0.3 is 0 Å². The van der Waals surface area contributed by atoms with Crippen LogP contribution in [-0.2, 0) is 39.9 Å². The van der Waals surface area contributed by atoms with Gasteiger partial charge in [-0.15, -0.1) is 0 Å². The second-order valence-electron chi connectivity index (χ2n) is 22.4. The minimum atomic E-state index is -0.529. The molecule has 7 aromatic rings. The van der Waals surface area contributed by atoms with E-state index in [1.165, 1.54) is 121 Å². The van der Waals surface area contributed by atoms with E-state index < -0.39 is 5.41 Å². The van der Waals surface area contributed by atoms with E-state index in [4.69, 9.17) is 0 Å². The summed E-state index contributed by atoms with van der Waals surface area (Å²) in [6.07, 6.45) is 9.38. The molecule has 0 spiro atoms. The number of benzene rings is 7. The number of anilines is 3. The Bertz CT molecular complexity index is 2820. The number of hydrogen-bond acceptors (Lipinski definition) is 1. The molecule has 0 bridgehead atoms. The van der Waals surface area contributed by atoms with Crippen LogP contribution in [-0.4, -0.2) is 0 Å². The van der Waals surface area contributed by atoms with Gasteiger partial charge in [0.2, 0.25) is 0 Å². The first-order valence-corrected chi connectivity index (χ1v) is 24.3. The molecule has 11 rings (SSSR count). The maximum atomic E-state index is 2.81. The fraction of sp³-hybridized carbons (Fsp3) is 0.333. The lowest BCUT2D eigenvalue weighted by Gasteiger charge is -2.47. The fourth-order valence-electron chi connectivity index (χ4n) is 13.1. The number of aryl methyl sites for hydroxylation is 1. The lowest BCUT2D eigenvalue weighted by atomic mass is 9.61. The SMILES string of the molecule is CC1(C)CCC(C)(C)c2c(N(c3cc4c(cc3-c3cccc5c3CCCC5)-c3ccccc3C4(c3ccccc3)c3ccccc3)c3cccc4c3C(C)(C)CCC4(C)C)cccc21. The second kappa shape index (κ2) is 14.7. The Morgan fingerprint density at radius 1 is 0.359 bits per heavy atom. The molecule has 1 heteroatoms. The van der Waals surface area contributed by atoms with Crippen LogP contribution in [0.2, 0.25) is 0 Å². The molecule has 64 heavy (non-hydrogen) atoms. The number of fused-ring (bicyclic) bond motifs is 6. The summed E-state index contributed by atoms with van der Waals surface area (Å²) in [6, 6.07) is 59.2. The predicted octanol–water partition coefficient (Wildman–Crippen LogP) is 16.8. The van der Waals surface area contributed by atoms with Gasteiger partial charge in [-0.3, -0.25) is 0 Å². The van der Waals surface area contributed by atoms with Gasteiger partial charge in [-0.05, 0) is 170 Å². The molecular weight excluding hydrogens is 771 g/mol. The molecule has 0 radical (unpaired) electrons. The van der Waals surface area contributed by atoms with Crippen molar-refractivity contribution >= 4 is 17.1 Å². The summed E-state index contributed by atoms with van der Waals surface area (Å²) < 4.78 is 0. The molecule has 0 saturated carbocycles. The van der Waals surface area contributed by atoms with Gasteiger partial charge in [0.1, 0.15) is 0 Å². The zero-order valence-electron chi connectivity index (χ0n) is 39.5. The Balaban J connectivity index is 1.35. The van der Waals surface area contributed by atoms with Crippen molar-refractivity contribution in [2.75, 3.05) is 4.90 Å². The van der Waals surface area contributed by atoms with E-state index in [0.29, 0.717) is 0 Å². The van der Waals surface area contributed by atoms with Crippen LogP contribution in [0.25, 0.3) is 22.3 Å². The molecular formula is C63H65N. The number of rotatable bonds is 6. The first-order chi connectivity index (χ1) is 30.7. The topological polar surface area (TPSA) is 3.24 Å². The Labute approximate surface area is 383 Å². The van der Waals surface area contributed by atoms with Crippen LogP contribution in [0.15, 0.2) is 152 Å². The second-order valence-corrected chi connectivity index (χ2v) is 22.4.